The van der Waals surface area contributed by atoms with Crippen LogP contribution in [0.1, 0.15) is 18.9 Å². The highest BCUT2D eigenvalue weighted by atomic mass is 35.5. The van der Waals surface area contributed by atoms with Crippen LogP contribution in [0, 0.1) is 0 Å². The molecule has 0 aliphatic rings. The van der Waals surface area contributed by atoms with Crippen LogP contribution in [-0.2, 0) is 21.2 Å². The van der Waals surface area contributed by atoms with Crippen molar-refractivity contribution in [2.75, 3.05) is 24.2 Å². The summed E-state index contributed by atoms with van der Waals surface area (Å²) in [5.41, 5.74) is 1.51. The van der Waals surface area contributed by atoms with Crippen LogP contribution < -0.4 is 14.4 Å². The van der Waals surface area contributed by atoms with Gasteiger partial charge in [-0.05, 0) is 61.7 Å². The van der Waals surface area contributed by atoms with E-state index in [0.29, 0.717) is 17.3 Å². The first-order valence-electron chi connectivity index (χ1n) is 8.88. The van der Waals surface area contributed by atoms with E-state index >= 15 is 0 Å². The number of hydrogen-bond donors (Lipinski definition) is 1. The highest BCUT2D eigenvalue weighted by molar-refractivity contribution is 7.92. The molecule has 6 nitrogen and oxygen atoms in total. The lowest BCUT2D eigenvalue weighted by Crippen LogP contribution is -2.48. The van der Waals surface area contributed by atoms with E-state index in [0.717, 1.165) is 34.7 Å². The third kappa shape index (κ3) is 6.14. The Morgan fingerprint density at radius 2 is 1.89 bits per heavy atom. The minimum atomic E-state index is -3.64. The number of ether oxygens (including phenoxy) is 1. The standard InChI is InChI=1S/C20H25ClN2O4S/c1-15(23(28(3,25)26)18-11-9-17(21)10-12-18)20(24)22-13-5-7-16-6-4-8-19(14-16)27-2/h4,6,8-12,14-15H,5,7,13H2,1-3H3,(H,22,24)/t15-/m1/s1. The molecule has 0 fully saturated rings. The lowest BCUT2D eigenvalue weighted by Gasteiger charge is -2.28. The smallest absolute Gasteiger partial charge is 0.243 e. The number of sulfonamides is 1. The van der Waals surface area contributed by atoms with Gasteiger partial charge in [-0.3, -0.25) is 9.10 Å². The topological polar surface area (TPSA) is 75.7 Å². The number of nitrogens with zero attached hydrogens (tertiary/aromatic N) is 1. The zero-order chi connectivity index (χ0) is 20.7. The van der Waals surface area contributed by atoms with Gasteiger partial charge in [0, 0.05) is 11.6 Å². The van der Waals surface area contributed by atoms with Gasteiger partial charge in [0.2, 0.25) is 15.9 Å². The summed E-state index contributed by atoms with van der Waals surface area (Å²) in [4.78, 5) is 12.5. The van der Waals surface area contributed by atoms with E-state index in [9.17, 15) is 13.2 Å². The molecular weight excluding hydrogens is 400 g/mol. The first kappa shape index (κ1) is 22.0. The van der Waals surface area contributed by atoms with Crippen LogP contribution in [0.4, 0.5) is 5.69 Å². The normalized spacial score (nSPS) is 12.3. The van der Waals surface area contributed by atoms with E-state index in [4.69, 9.17) is 16.3 Å². The van der Waals surface area contributed by atoms with Crippen molar-refractivity contribution >= 4 is 33.2 Å². The number of amides is 1. The van der Waals surface area contributed by atoms with E-state index in [1.54, 1.807) is 38.3 Å². The average molecular weight is 425 g/mol. The molecule has 1 N–H and O–H groups in total. The van der Waals surface area contributed by atoms with Gasteiger partial charge in [0.1, 0.15) is 11.8 Å². The largest absolute Gasteiger partial charge is 0.497 e. The summed E-state index contributed by atoms with van der Waals surface area (Å²) < 4.78 is 30.8. The van der Waals surface area contributed by atoms with Gasteiger partial charge in [-0.15, -0.1) is 0 Å². The fourth-order valence-electron chi connectivity index (χ4n) is 2.88. The Kier molecular flexibility index (Phi) is 7.71. The Labute approximate surface area is 171 Å². The van der Waals surface area contributed by atoms with Crippen molar-refractivity contribution in [3.05, 3.63) is 59.1 Å². The molecule has 0 heterocycles. The van der Waals surface area contributed by atoms with E-state index in [2.05, 4.69) is 5.32 Å². The van der Waals surface area contributed by atoms with Crippen molar-refractivity contribution in [1.29, 1.82) is 0 Å². The monoisotopic (exact) mass is 424 g/mol. The maximum Gasteiger partial charge on any atom is 0.243 e. The molecule has 2 aromatic carbocycles. The van der Waals surface area contributed by atoms with Gasteiger partial charge < -0.3 is 10.1 Å². The number of hydrogen-bond acceptors (Lipinski definition) is 4. The third-order valence-electron chi connectivity index (χ3n) is 4.25. The molecule has 0 aliphatic heterocycles. The average Bonchev–Trinajstić information content (AvgIpc) is 2.65. The van der Waals surface area contributed by atoms with Gasteiger partial charge in [-0.1, -0.05) is 23.7 Å². The molecular formula is C20H25ClN2O4S. The van der Waals surface area contributed by atoms with Crippen LogP contribution in [0.15, 0.2) is 48.5 Å². The highest BCUT2D eigenvalue weighted by Crippen LogP contribution is 2.23. The SMILES string of the molecule is COc1cccc(CCCNC(=O)[C@@H](C)N(c2ccc(Cl)cc2)S(C)(=O)=O)c1. The minimum Gasteiger partial charge on any atom is -0.497 e. The predicted octanol–water partition coefficient (Wildman–Crippen LogP) is 3.25. The zero-order valence-corrected chi connectivity index (χ0v) is 17.8. The Morgan fingerprint density at radius 3 is 2.50 bits per heavy atom. The molecule has 0 aromatic heterocycles. The number of carbonyl (C=O) groups excluding carboxylic acids is 1. The quantitative estimate of drug-likeness (QED) is 0.627. The summed E-state index contributed by atoms with van der Waals surface area (Å²) in [6, 6.07) is 13.2. The Hall–Kier alpha value is -2.25. The van der Waals surface area contributed by atoms with Gasteiger partial charge in [0.15, 0.2) is 0 Å². The summed E-state index contributed by atoms with van der Waals surface area (Å²) in [6.45, 7) is 2.01. The maximum absolute atomic E-state index is 12.5. The Balaban J connectivity index is 1.96. The van der Waals surface area contributed by atoms with Gasteiger partial charge in [0.05, 0.1) is 19.1 Å². The number of methoxy groups -OCH3 is 1. The Bertz CT molecular complexity index is 901. The van der Waals surface area contributed by atoms with Crippen LogP contribution in [-0.4, -0.2) is 40.3 Å². The lowest BCUT2D eigenvalue weighted by molar-refractivity contribution is -0.121. The van der Waals surface area contributed by atoms with Crippen molar-refractivity contribution < 1.29 is 17.9 Å². The number of halogens is 1. The molecule has 0 saturated carbocycles. The van der Waals surface area contributed by atoms with Crippen LogP contribution in [0.3, 0.4) is 0 Å². The number of aryl methyl sites for hydroxylation is 1. The van der Waals surface area contributed by atoms with Crippen molar-refractivity contribution in [3.8, 4) is 5.75 Å². The third-order valence-corrected chi connectivity index (χ3v) is 5.74. The highest BCUT2D eigenvalue weighted by Gasteiger charge is 2.28. The lowest BCUT2D eigenvalue weighted by atomic mass is 10.1. The van der Waals surface area contributed by atoms with E-state index in [1.807, 2.05) is 24.3 Å². The Morgan fingerprint density at radius 1 is 1.21 bits per heavy atom. The number of nitrogens with one attached hydrogen (secondary N) is 1. The first-order valence-corrected chi connectivity index (χ1v) is 11.1. The van der Waals surface area contributed by atoms with Crippen LogP contribution >= 0.6 is 11.6 Å². The summed E-state index contributed by atoms with van der Waals surface area (Å²) >= 11 is 5.87. The number of rotatable bonds is 9. The van der Waals surface area contributed by atoms with Crippen molar-refractivity contribution in [1.82, 2.24) is 5.32 Å². The van der Waals surface area contributed by atoms with E-state index in [-0.39, 0.29) is 5.91 Å². The molecule has 2 aromatic rings. The molecule has 0 saturated heterocycles. The fraction of sp³-hybridized carbons (Fsp3) is 0.350. The van der Waals surface area contributed by atoms with Gasteiger partial charge >= 0.3 is 0 Å². The second-order valence-electron chi connectivity index (χ2n) is 6.46. The van der Waals surface area contributed by atoms with Crippen molar-refractivity contribution in [2.45, 2.75) is 25.8 Å². The number of benzene rings is 2. The molecule has 2 rings (SSSR count). The van der Waals surface area contributed by atoms with E-state index in [1.165, 1.54) is 0 Å². The van der Waals surface area contributed by atoms with Crippen LogP contribution in [0.25, 0.3) is 0 Å². The molecule has 8 heteroatoms. The maximum atomic E-state index is 12.5. The summed E-state index contributed by atoms with van der Waals surface area (Å²) in [7, 11) is -2.02. The molecule has 1 atom stereocenters. The molecule has 0 bridgehead atoms. The van der Waals surface area contributed by atoms with Gasteiger partial charge in [-0.25, -0.2) is 8.42 Å². The summed E-state index contributed by atoms with van der Waals surface area (Å²) in [5.74, 6) is 0.438. The molecule has 0 spiro atoms. The second kappa shape index (κ2) is 9.80. The van der Waals surface area contributed by atoms with Crippen LogP contribution in [0.2, 0.25) is 5.02 Å². The van der Waals surface area contributed by atoms with Crippen molar-refractivity contribution in [2.24, 2.45) is 0 Å². The number of anilines is 1. The molecule has 0 radical (unpaired) electrons. The van der Waals surface area contributed by atoms with E-state index < -0.39 is 16.1 Å². The molecule has 28 heavy (non-hydrogen) atoms. The summed E-state index contributed by atoms with van der Waals surface area (Å²) in [6.07, 6.45) is 2.58. The minimum absolute atomic E-state index is 0.356. The molecule has 0 unspecified atom stereocenters. The van der Waals surface area contributed by atoms with Gasteiger partial charge in [-0.2, -0.15) is 0 Å². The van der Waals surface area contributed by atoms with Crippen molar-refractivity contribution in [3.63, 3.8) is 0 Å². The molecule has 152 valence electrons. The zero-order valence-electron chi connectivity index (χ0n) is 16.2. The van der Waals surface area contributed by atoms with Crippen LogP contribution in [0.5, 0.6) is 5.75 Å². The first-order chi connectivity index (χ1) is 13.2. The van der Waals surface area contributed by atoms with Gasteiger partial charge in [0.25, 0.3) is 0 Å². The second-order valence-corrected chi connectivity index (χ2v) is 8.75. The molecule has 0 aliphatic carbocycles. The fourth-order valence-corrected chi connectivity index (χ4v) is 4.18. The summed E-state index contributed by atoms with van der Waals surface area (Å²) in [5, 5.41) is 3.31. The predicted molar refractivity (Wildman–Crippen MR) is 113 cm³/mol. The number of carbonyl (C=O) groups is 1. The molecule has 1 amide bonds.